The molecule has 0 radical (unpaired) electrons. The van der Waals surface area contributed by atoms with Crippen LogP contribution >= 0.6 is 0 Å². The van der Waals surface area contributed by atoms with Crippen LogP contribution in [-0.2, 0) is 13.0 Å². The summed E-state index contributed by atoms with van der Waals surface area (Å²) in [5.41, 5.74) is 4.31. The van der Waals surface area contributed by atoms with Gasteiger partial charge in [-0.3, -0.25) is 9.69 Å². The van der Waals surface area contributed by atoms with E-state index in [0.717, 1.165) is 18.5 Å². The number of fused-ring (bicyclic) bond motifs is 2. The number of hydrogen-bond donors (Lipinski definition) is 0. The van der Waals surface area contributed by atoms with Gasteiger partial charge in [0.2, 0.25) is 0 Å². The van der Waals surface area contributed by atoms with Crippen LogP contribution in [0.5, 0.6) is 0 Å². The first kappa shape index (κ1) is 15.8. The van der Waals surface area contributed by atoms with E-state index < -0.39 is 0 Å². The monoisotopic (exact) mass is 334 g/mol. The zero-order chi connectivity index (χ0) is 17.4. The van der Waals surface area contributed by atoms with Crippen molar-refractivity contribution in [2.45, 2.75) is 19.0 Å². The van der Waals surface area contributed by atoms with Crippen LogP contribution in [0.3, 0.4) is 0 Å². The molecule has 25 heavy (non-hydrogen) atoms. The fraction of sp³-hybridized carbons (Fsp3) is 0.300. The fourth-order valence-corrected chi connectivity index (χ4v) is 3.63. The van der Waals surface area contributed by atoms with Crippen molar-refractivity contribution in [2.24, 2.45) is 0 Å². The van der Waals surface area contributed by atoms with E-state index in [2.05, 4.69) is 41.3 Å². The maximum absolute atomic E-state index is 12.9. The number of likely N-dealkylation sites (N-methyl/N-ethyl adjacent to an activating group) is 2. The molecule has 3 aromatic rings. The third-order valence-corrected chi connectivity index (χ3v) is 5.09. The highest BCUT2D eigenvalue weighted by Crippen LogP contribution is 2.22. The Bertz CT molecular complexity index is 917. The molecule has 1 aliphatic heterocycles. The van der Waals surface area contributed by atoms with Crippen LogP contribution in [0.4, 0.5) is 0 Å². The molecule has 128 valence electrons. The Morgan fingerprint density at radius 2 is 1.96 bits per heavy atom. The summed E-state index contributed by atoms with van der Waals surface area (Å²) < 4.78 is 1.71. The highest BCUT2D eigenvalue weighted by Gasteiger charge is 2.26. The van der Waals surface area contributed by atoms with Gasteiger partial charge in [0.1, 0.15) is 5.69 Å². The van der Waals surface area contributed by atoms with Crippen molar-refractivity contribution >= 4 is 11.4 Å². The maximum atomic E-state index is 12.9. The van der Waals surface area contributed by atoms with Crippen LogP contribution in [0.25, 0.3) is 5.52 Å². The number of carbonyl (C=O) groups excluding carboxylic acids is 1. The van der Waals surface area contributed by atoms with Crippen molar-refractivity contribution in [3.05, 3.63) is 71.5 Å². The summed E-state index contributed by atoms with van der Waals surface area (Å²) in [6, 6.07) is 16.5. The van der Waals surface area contributed by atoms with E-state index in [9.17, 15) is 4.79 Å². The summed E-state index contributed by atoms with van der Waals surface area (Å²) in [5, 5.41) is 4.27. The van der Waals surface area contributed by atoms with Gasteiger partial charge in [-0.2, -0.15) is 5.10 Å². The fourth-order valence-electron chi connectivity index (χ4n) is 3.63. The minimum absolute atomic E-state index is 0.00144. The van der Waals surface area contributed by atoms with E-state index in [1.54, 1.807) is 10.7 Å². The summed E-state index contributed by atoms with van der Waals surface area (Å²) in [7, 11) is 4.01. The standard InChI is InChI=1S/C20H22N4O/c1-22-13-16-7-4-3-6-15(16)12-18(22)14-23(2)20(25)19-9-5-8-17-10-11-21-24(17)19/h3-11,18H,12-14H2,1-2H3. The molecule has 0 bridgehead atoms. The lowest BCUT2D eigenvalue weighted by molar-refractivity contribution is 0.0725. The van der Waals surface area contributed by atoms with Gasteiger partial charge in [0.15, 0.2) is 0 Å². The second-order valence-corrected chi connectivity index (χ2v) is 6.81. The van der Waals surface area contributed by atoms with Gasteiger partial charge in [0.05, 0.1) is 11.7 Å². The molecule has 1 unspecified atom stereocenters. The molecule has 0 aliphatic carbocycles. The molecule has 4 rings (SSSR count). The SMILES string of the molecule is CN(CC1Cc2ccccc2CN1C)C(=O)c1cccc2ccnn12. The van der Waals surface area contributed by atoms with Crippen molar-refractivity contribution in [3.8, 4) is 0 Å². The number of rotatable bonds is 3. The average Bonchev–Trinajstić information content (AvgIpc) is 3.10. The molecule has 5 nitrogen and oxygen atoms in total. The van der Waals surface area contributed by atoms with E-state index in [1.807, 2.05) is 36.2 Å². The topological polar surface area (TPSA) is 40.8 Å². The molecule has 3 heterocycles. The molecular weight excluding hydrogens is 312 g/mol. The summed E-state index contributed by atoms with van der Waals surface area (Å²) in [6.07, 6.45) is 2.69. The van der Waals surface area contributed by atoms with E-state index in [1.165, 1.54) is 11.1 Å². The molecular formula is C20H22N4O. The molecule has 1 atom stereocenters. The minimum Gasteiger partial charge on any atom is -0.339 e. The van der Waals surface area contributed by atoms with Crippen molar-refractivity contribution in [1.82, 2.24) is 19.4 Å². The molecule has 0 spiro atoms. The Labute approximate surface area is 147 Å². The molecule has 0 saturated heterocycles. The smallest absolute Gasteiger partial charge is 0.272 e. The van der Waals surface area contributed by atoms with Gasteiger partial charge in [-0.25, -0.2) is 4.52 Å². The zero-order valence-corrected chi connectivity index (χ0v) is 14.6. The molecule has 5 heteroatoms. The second-order valence-electron chi connectivity index (χ2n) is 6.81. The lowest BCUT2D eigenvalue weighted by Gasteiger charge is -2.36. The predicted molar refractivity (Wildman–Crippen MR) is 97.6 cm³/mol. The Balaban J connectivity index is 1.53. The summed E-state index contributed by atoms with van der Waals surface area (Å²) in [5.74, 6) is 0.00144. The van der Waals surface area contributed by atoms with Gasteiger partial charge in [0, 0.05) is 26.2 Å². The van der Waals surface area contributed by atoms with Gasteiger partial charge in [-0.05, 0) is 42.8 Å². The van der Waals surface area contributed by atoms with Crippen molar-refractivity contribution in [2.75, 3.05) is 20.6 Å². The zero-order valence-electron chi connectivity index (χ0n) is 14.6. The first-order valence-corrected chi connectivity index (χ1v) is 8.59. The van der Waals surface area contributed by atoms with Crippen LogP contribution in [-0.4, -0.2) is 52.0 Å². The highest BCUT2D eigenvalue weighted by atomic mass is 16.2. The van der Waals surface area contributed by atoms with Crippen LogP contribution in [0.1, 0.15) is 21.6 Å². The Kier molecular flexibility index (Phi) is 4.01. The van der Waals surface area contributed by atoms with Crippen LogP contribution in [0, 0.1) is 0 Å². The van der Waals surface area contributed by atoms with E-state index in [0.29, 0.717) is 18.3 Å². The highest BCUT2D eigenvalue weighted by molar-refractivity contribution is 5.93. The third kappa shape index (κ3) is 2.91. The number of nitrogens with zero attached hydrogens (tertiary/aromatic N) is 4. The summed E-state index contributed by atoms with van der Waals surface area (Å²) in [6.45, 7) is 1.62. The van der Waals surface area contributed by atoms with E-state index in [-0.39, 0.29) is 5.91 Å². The van der Waals surface area contributed by atoms with Crippen LogP contribution in [0.15, 0.2) is 54.7 Å². The number of aromatic nitrogens is 2. The Morgan fingerprint density at radius 3 is 2.80 bits per heavy atom. The number of benzene rings is 1. The number of pyridine rings is 1. The first-order chi connectivity index (χ1) is 12.1. The largest absolute Gasteiger partial charge is 0.339 e. The summed E-state index contributed by atoms with van der Waals surface area (Å²) >= 11 is 0. The molecule has 1 aromatic carbocycles. The molecule has 0 saturated carbocycles. The molecule has 1 amide bonds. The lowest BCUT2D eigenvalue weighted by atomic mass is 9.94. The number of carbonyl (C=O) groups is 1. The Morgan fingerprint density at radius 1 is 1.16 bits per heavy atom. The predicted octanol–water partition coefficient (Wildman–Crippen LogP) is 2.46. The van der Waals surface area contributed by atoms with Crippen LogP contribution in [0.2, 0.25) is 0 Å². The van der Waals surface area contributed by atoms with Crippen molar-refractivity contribution in [1.29, 1.82) is 0 Å². The normalized spacial score (nSPS) is 17.4. The average molecular weight is 334 g/mol. The summed E-state index contributed by atoms with van der Waals surface area (Å²) in [4.78, 5) is 17.1. The van der Waals surface area contributed by atoms with Crippen molar-refractivity contribution < 1.29 is 4.79 Å². The van der Waals surface area contributed by atoms with Crippen molar-refractivity contribution in [3.63, 3.8) is 0 Å². The second kappa shape index (κ2) is 6.33. The maximum Gasteiger partial charge on any atom is 0.272 e. The quantitative estimate of drug-likeness (QED) is 0.739. The number of hydrogen-bond acceptors (Lipinski definition) is 3. The first-order valence-electron chi connectivity index (χ1n) is 8.59. The van der Waals surface area contributed by atoms with Gasteiger partial charge in [-0.15, -0.1) is 0 Å². The minimum atomic E-state index is 0.00144. The van der Waals surface area contributed by atoms with E-state index >= 15 is 0 Å². The van der Waals surface area contributed by atoms with Gasteiger partial charge in [-0.1, -0.05) is 30.3 Å². The molecule has 0 fully saturated rings. The van der Waals surface area contributed by atoms with Gasteiger partial charge < -0.3 is 4.90 Å². The third-order valence-electron chi connectivity index (χ3n) is 5.09. The molecule has 2 aromatic heterocycles. The molecule has 1 aliphatic rings. The van der Waals surface area contributed by atoms with Gasteiger partial charge >= 0.3 is 0 Å². The number of amides is 1. The Hall–Kier alpha value is -2.66. The lowest BCUT2D eigenvalue weighted by Crippen LogP contribution is -2.46. The molecule has 0 N–H and O–H groups in total. The van der Waals surface area contributed by atoms with Gasteiger partial charge in [0.25, 0.3) is 5.91 Å². The van der Waals surface area contributed by atoms with E-state index in [4.69, 9.17) is 0 Å². The van der Waals surface area contributed by atoms with Crippen LogP contribution < -0.4 is 0 Å².